The second-order valence-corrected chi connectivity index (χ2v) is 4.80. The van der Waals surface area contributed by atoms with Gasteiger partial charge in [-0.2, -0.15) is 0 Å². The average Bonchev–Trinajstić information content (AvgIpc) is 2.44. The highest BCUT2D eigenvalue weighted by molar-refractivity contribution is 5.94. The number of unbranched alkanes of at least 4 members (excludes halogenated alkanes) is 2. The van der Waals surface area contributed by atoms with Crippen LogP contribution in [0.5, 0.6) is 0 Å². The van der Waals surface area contributed by atoms with E-state index in [0.717, 1.165) is 24.8 Å². The van der Waals surface area contributed by atoms with Gasteiger partial charge >= 0.3 is 5.97 Å². The van der Waals surface area contributed by atoms with E-state index in [1.54, 1.807) is 12.1 Å². The molecule has 0 radical (unpaired) electrons. The van der Waals surface area contributed by atoms with Crippen molar-refractivity contribution in [2.24, 2.45) is 0 Å². The summed E-state index contributed by atoms with van der Waals surface area (Å²) in [5.41, 5.74) is 1.71. The summed E-state index contributed by atoms with van der Waals surface area (Å²) in [6, 6.07) is 7.31. The molecule has 0 bridgehead atoms. The van der Waals surface area contributed by atoms with Gasteiger partial charge in [-0.05, 0) is 25.5 Å². The standard InChI is InChI=1S/C16H23NO3/c1-3-4-5-12-20-15(18)10-11-17-16(19)14-8-6-13(2)7-9-14/h6-9H,3-5,10-12H2,1-2H3,(H,17,19). The first-order chi connectivity index (χ1) is 9.63. The summed E-state index contributed by atoms with van der Waals surface area (Å²) in [6.07, 6.45) is 3.28. The number of aryl methyl sites for hydroxylation is 1. The van der Waals surface area contributed by atoms with Gasteiger partial charge in [-0.3, -0.25) is 9.59 Å². The highest BCUT2D eigenvalue weighted by atomic mass is 16.5. The van der Waals surface area contributed by atoms with E-state index in [-0.39, 0.29) is 18.3 Å². The van der Waals surface area contributed by atoms with Crippen molar-refractivity contribution in [2.75, 3.05) is 13.2 Å². The van der Waals surface area contributed by atoms with Crippen LogP contribution in [-0.4, -0.2) is 25.0 Å². The number of carbonyl (C=O) groups is 2. The van der Waals surface area contributed by atoms with E-state index in [2.05, 4.69) is 12.2 Å². The second kappa shape index (κ2) is 9.13. The zero-order valence-corrected chi connectivity index (χ0v) is 12.3. The van der Waals surface area contributed by atoms with Gasteiger partial charge in [0.25, 0.3) is 5.91 Å². The number of hydrogen-bond acceptors (Lipinski definition) is 3. The minimum absolute atomic E-state index is 0.163. The molecule has 4 nitrogen and oxygen atoms in total. The van der Waals surface area contributed by atoms with Crippen LogP contribution in [0.3, 0.4) is 0 Å². The number of benzene rings is 1. The van der Waals surface area contributed by atoms with Crippen LogP contribution >= 0.6 is 0 Å². The lowest BCUT2D eigenvalue weighted by atomic mass is 10.1. The van der Waals surface area contributed by atoms with Gasteiger partial charge in [0.1, 0.15) is 0 Å². The Kier molecular flexibility index (Phi) is 7.40. The first-order valence-electron chi connectivity index (χ1n) is 7.14. The minimum atomic E-state index is -0.259. The van der Waals surface area contributed by atoms with Crippen molar-refractivity contribution in [1.82, 2.24) is 5.32 Å². The Morgan fingerprint density at radius 2 is 1.85 bits per heavy atom. The molecule has 1 rings (SSSR count). The predicted molar refractivity (Wildman–Crippen MR) is 78.6 cm³/mol. The maximum absolute atomic E-state index is 11.8. The maximum atomic E-state index is 11.8. The summed E-state index contributed by atoms with van der Waals surface area (Å²) in [5, 5.41) is 2.71. The second-order valence-electron chi connectivity index (χ2n) is 4.80. The van der Waals surface area contributed by atoms with Crippen molar-refractivity contribution >= 4 is 11.9 Å². The topological polar surface area (TPSA) is 55.4 Å². The molecule has 4 heteroatoms. The van der Waals surface area contributed by atoms with Crippen molar-refractivity contribution in [1.29, 1.82) is 0 Å². The first-order valence-corrected chi connectivity index (χ1v) is 7.14. The van der Waals surface area contributed by atoms with Gasteiger partial charge in [0.15, 0.2) is 0 Å². The number of carbonyl (C=O) groups excluding carboxylic acids is 2. The summed E-state index contributed by atoms with van der Waals surface area (Å²) in [7, 11) is 0. The zero-order valence-electron chi connectivity index (χ0n) is 12.3. The SMILES string of the molecule is CCCCCOC(=O)CCNC(=O)c1ccc(C)cc1. The van der Waals surface area contributed by atoms with E-state index < -0.39 is 0 Å². The lowest BCUT2D eigenvalue weighted by Crippen LogP contribution is -2.26. The van der Waals surface area contributed by atoms with E-state index in [0.29, 0.717) is 18.7 Å². The van der Waals surface area contributed by atoms with E-state index >= 15 is 0 Å². The Morgan fingerprint density at radius 3 is 2.50 bits per heavy atom. The Bertz CT molecular complexity index is 426. The van der Waals surface area contributed by atoms with Crippen molar-refractivity contribution in [2.45, 2.75) is 39.5 Å². The Morgan fingerprint density at radius 1 is 1.15 bits per heavy atom. The van der Waals surface area contributed by atoms with Gasteiger partial charge in [-0.1, -0.05) is 37.5 Å². The normalized spacial score (nSPS) is 10.1. The number of rotatable bonds is 8. The molecule has 0 heterocycles. The minimum Gasteiger partial charge on any atom is -0.466 e. The van der Waals surface area contributed by atoms with Crippen LogP contribution in [0.15, 0.2) is 24.3 Å². The molecule has 1 aromatic carbocycles. The van der Waals surface area contributed by atoms with Gasteiger partial charge in [0.2, 0.25) is 0 Å². The van der Waals surface area contributed by atoms with E-state index in [9.17, 15) is 9.59 Å². The summed E-state index contributed by atoms with van der Waals surface area (Å²) in [4.78, 5) is 23.2. The quantitative estimate of drug-likeness (QED) is 0.587. The molecule has 0 saturated carbocycles. The maximum Gasteiger partial charge on any atom is 0.307 e. The Balaban J connectivity index is 2.18. The molecule has 20 heavy (non-hydrogen) atoms. The van der Waals surface area contributed by atoms with Crippen LogP contribution in [0.25, 0.3) is 0 Å². The molecule has 0 aliphatic carbocycles. The fourth-order valence-corrected chi connectivity index (χ4v) is 1.70. The van der Waals surface area contributed by atoms with Gasteiger partial charge in [-0.15, -0.1) is 0 Å². The summed E-state index contributed by atoms with van der Waals surface area (Å²) >= 11 is 0. The number of amides is 1. The molecule has 0 aromatic heterocycles. The van der Waals surface area contributed by atoms with Gasteiger partial charge in [0.05, 0.1) is 13.0 Å². The molecule has 0 fully saturated rings. The van der Waals surface area contributed by atoms with Crippen molar-refractivity contribution < 1.29 is 14.3 Å². The zero-order chi connectivity index (χ0) is 14.8. The fraction of sp³-hybridized carbons (Fsp3) is 0.500. The van der Waals surface area contributed by atoms with E-state index in [1.165, 1.54) is 0 Å². The van der Waals surface area contributed by atoms with Crippen molar-refractivity contribution in [3.05, 3.63) is 35.4 Å². The van der Waals surface area contributed by atoms with E-state index in [4.69, 9.17) is 4.74 Å². The molecule has 0 spiro atoms. The van der Waals surface area contributed by atoms with Crippen molar-refractivity contribution in [3.8, 4) is 0 Å². The monoisotopic (exact) mass is 277 g/mol. The molecule has 0 atom stereocenters. The largest absolute Gasteiger partial charge is 0.466 e. The lowest BCUT2D eigenvalue weighted by Gasteiger charge is -2.06. The first kappa shape index (κ1) is 16.2. The average molecular weight is 277 g/mol. The lowest BCUT2D eigenvalue weighted by molar-refractivity contribution is -0.143. The van der Waals surface area contributed by atoms with Gasteiger partial charge < -0.3 is 10.1 Å². The van der Waals surface area contributed by atoms with Crippen LogP contribution in [0.2, 0.25) is 0 Å². The molecule has 1 amide bonds. The highest BCUT2D eigenvalue weighted by Gasteiger charge is 2.06. The van der Waals surface area contributed by atoms with Crippen LogP contribution in [0, 0.1) is 6.92 Å². The molecule has 0 aliphatic heterocycles. The van der Waals surface area contributed by atoms with Crippen LogP contribution < -0.4 is 5.32 Å². The summed E-state index contributed by atoms with van der Waals surface area (Å²) < 4.78 is 5.06. The highest BCUT2D eigenvalue weighted by Crippen LogP contribution is 2.02. The Hall–Kier alpha value is -1.84. The van der Waals surface area contributed by atoms with Crippen LogP contribution in [-0.2, 0) is 9.53 Å². The molecular weight excluding hydrogens is 254 g/mol. The summed E-state index contributed by atoms with van der Waals surface area (Å²) in [6.45, 7) is 4.84. The molecule has 0 saturated heterocycles. The third-order valence-corrected chi connectivity index (χ3v) is 2.94. The molecule has 1 aromatic rings. The molecule has 110 valence electrons. The van der Waals surface area contributed by atoms with Crippen molar-refractivity contribution in [3.63, 3.8) is 0 Å². The predicted octanol–water partition coefficient (Wildman–Crippen LogP) is 2.85. The third-order valence-electron chi connectivity index (χ3n) is 2.94. The smallest absolute Gasteiger partial charge is 0.307 e. The molecule has 0 aliphatic rings. The number of ether oxygens (including phenoxy) is 1. The number of esters is 1. The molecule has 1 N–H and O–H groups in total. The van der Waals surface area contributed by atoms with Gasteiger partial charge in [-0.25, -0.2) is 0 Å². The number of hydrogen-bond donors (Lipinski definition) is 1. The molecule has 0 unspecified atom stereocenters. The fourth-order valence-electron chi connectivity index (χ4n) is 1.70. The van der Waals surface area contributed by atoms with Crippen LogP contribution in [0.1, 0.15) is 48.5 Å². The van der Waals surface area contributed by atoms with Crippen LogP contribution in [0.4, 0.5) is 0 Å². The van der Waals surface area contributed by atoms with E-state index in [1.807, 2.05) is 19.1 Å². The molecular formula is C16H23NO3. The third kappa shape index (κ3) is 6.36. The summed E-state index contributed by atoms with van der Waals surface area (Å²) in [5.74, 6) is -0.422. The Labute approximate surface area is 120 Å². The van der Waals surface area contributed by atoms with Gasteiger partial charge in [0, 0.05) is 12.1 Å². The number of nitrogens with one attached hydrogen (secondary N) is 1.